The van der Waals surface area contributed by atoms with Gasteiger partial charge in [0.15, 0.2) is 0 Å². The molecule has 1 fully saturated rings. The van der Waals surface area contributed by atoms with E-state index in [1.807, 2.05) is 49.4 Å². The van der Waals surface area contributed by atoms with E-state index in [-0.39, 0.29) is 18.1 Å². The standard InChI is InChI=1S/C20H24N2O3/c1-15-12-22(18(14-25-15)16-8-4-3-5-9-16)13-20(23)21-17-10-6-7-11-19(17)24-2/h3-11,15,18H,12-14H2,1-2H3,(H,21,23)/t15-,18+/m0/s1. The normalized spacial score (nSPS) is 20.9. The van der Waals surface area contributed by atoms with E-state index in [9.17, 15) is 4.79 Å². The number of carbonyl (C=O) groups is 1. The summed E-state index contributed by atoms with van der Waals surface area (Å²) in [5.74, 6) is 0.602. The molecule has 1 heterocycles. The van der Waals surface area contributed by atoms with Gasteiger partial charge in [0, 0.05) is 6.54 Å². The molecule has 0 bridgehead atoms. The lowest BCUT2D eigenvalue weighted by molar-refractivity contribution is -0.121. The number of amides is 1. The van der Waals surface area contributed by atoms with Gasteiger partial charge in [0.25, 0.3) is 0 Å². The summed E-state index contributed by atoms with van der Waals surface area (Å²) in [6.45, 7) is 3.66. The van der Waals surface area contributed by atoms with Gasteiger partial charge in [0.1, 0.15) is 5.75 Å². The lowest BCUT2D eigenvalue weighted by Crippen LogP contribution is -2.46. The quantitative estimate of drug-likeness (QED) is 0.909. The molecule has 0 aliphatic carbocycles. The molecular formula is C20H24N2O3. The molecule has 0 unspecified atom stereocenters. The van der Waals surface area contributed by atoms with Crippen LogP contribution in [0.15, 0.2) is 54.6 Å². The molecule has 25 heavy (non-hydrogen) atoms. The van der Waals surface area contributed by atoms with Gasteiger partial charge in [0.05, 0.1) is 38.1 Å². The summed E-state index contributed by atoms with van der Waals surface area (Å²) < 4.78 is 11.1. The summed E-state index contributed by atoms with van der Waals surface area (Å²) in [7, 11) is 1.60. The van der Waals surface area contributed by atoms with E-state index in [4.69, 9.17) is 9.47 Å². The SMILES string of the molecule is COc1ccccc1NC(=O)CN1C[C@H](C)OC[C@@H]1c1ccccc1. The van der Waals surface area contributed by atoms with Crippen LogP contribution in [0.1, 0.15) is 18.5 Å². The van der Waals surface area contributed by atoms with Crippen molar-refractivity contribution in [1.82, 2.24) is 4.90 Å². The lowest BCUT2D eigenvalue weighted by Gasteiger charge is -2.38. The Bertz CT molecular complexity index is 705. The first-order chi connectivity index (χ1) is 12.2. The molecule has 1 amide bonds. The highest BCUT2D eigenvalue weighted by Crippen LogP contribution is 2.27. The molecule has 1 aliphatic rings. The molecule has 2 aromatic carbocycles. The van der Waals surface area contributed by atoms with Crippen molar-refractivity contribution in [2.75, 3.05) is 32.1 Å². The molecule has 2 atom stereocenters. The second-order valence-corrected chi connectivity index (χ2v) is 6.25. The third-order valence-electron chi connectivity index (χ3n) is 4.38. The van der Waals surface area contributed by atoms with Crippen LogP contribution in [-0.4, -0.2) is 43.7 Å². The number of ether oxygens (including phenoxy) is 2. The average molecular weight is 340 g/mol. The zero-order valence-electron chi connectivity index (χ0n) is 14.6. The molecule has 0 radical (unpaired) electrons. The minimum atomic E-state index is -0.0560. The van der Waals surface area contributed by atoms with Crippen molar-refractivity contribution in [3.63, 3.8) is 0 Å². The number of benzene rings is 2. The molecule has 3 rings (SSSR count). The van der Waals surface area contributed by atoms with E-state index in [0.29, 0.717) is 24.6 Å². The molecule has 0 spiro atoms. The molecule has 1 aliphatic heterocycles. The Morgan fingerprint density at radius 1 is 1.20 bits per heavy atom. The Kier molecular flexibility index (Phi) is 5.68. The van der Waals surface area contributed by atoms with Crippen LogP contribution in [0.25, 0.3) is 0 Å². The number of hydrogen-bond donors (Lipinski definition) is 1. The Morgan fingerprint density at radius 2 is 1.92 bits per heavy atom. The van der Waals surface area contributed by atoms with Crippen LogP contribution in [0.5, 0.6) is 5.75 Å². The van der Waals surface area contributed by atoms with Gasteiger partial charge < -0.3 is 14.8 Å². The molecule has 0 saturated carbocycles. The third kappa shape index (κ3) is 4.38. The van der Waals surface area contributed by atoms with Gasteiger partial charge in [-0.15, -0.1) is 0 Å². The number of nitrogens with zero attached hydrogens (tertiary/aromatic N) is 1. The summed E-state index contributed by atoms with van der Waals surface area (Å²) in [6.07, 6.45) is 0.110. The lowest BCUT2D eigenvalue weighted by atomic mass is 10.0. The minimum Gasteiger partial charge on any atom is -0.495 e. The van der Waals surface area contributed by atoms with Crippen LogP contribution in [0, 0.1) is 0 Å². The van der Waals surface area contributed by atoms with Crippen LogP contribution in [0.3, 0.4) is 0 Å². The number of nitrogens with one attached hydrogen (secondary N) is 1. The Labute approximate surface area is 148 Å². The summed E-state index contributed by atoms with van der Waals surface area (Å²) >= 11 is 0. The Morgan fingerprint density at radius 3 is 2.68 bits per heavy atom. The van der Waals surface area contributed by atoms with E-state index in [0.717, 1.165) is 6.54 Å². The number of hydrogen-bond acceptors (Lipinski definition) is 4. The van der Waals surface area contributed by atoms with Crippen LogP contribution < -0.4 is 10.1 Å². The average Bonchev–Trinajstić information content (AvgIpc) is 2.63. The molecule has 2 aromatic rings. The van der Waals surface area contributed by atoms with Crippen molar-refractivity contribution < 1.29 is 14.3 Å². The van der Waals surface area contributed by atoms with Gasteiger partial charge in [-0.2, -0.15) is 0 Å². The van der Waals surface area contributed by atoms with Crippen LogP contribution >= 0.6 is 0 Å². The van der Waals surface area contributed by atoms with Crippen molar-refractivity contribution in [3.8, 4) is 5.75 Å². The molecule has 1 N–H and O–H groups in total. The summed E-state index contributed by atoms with van der Waals surface area (Å²) in [5.41, 5.74) is 1.85. The van der Waals surface area contributed by atoms with E-state index < -0.39 is 0 Å². The highest BCUT2D eigenvalue weighted by atomic mass is 16.5. The second kappa shape index (κ2) is 8.14. The fourth-order valence-corrected chi connectivity index (χ4v) is 3.15. The Hall–Kier alpha value is -2.37. The largest absolute Gasteiger partial charge is 0.495 e. The van der Waals surface area contributed by atoms with Crippen molar-refractivity contribution in [3.05, 3.63) is 60.2 Å². The maximum atomic E-state index is 12.6. The van der Waals surface area contributed by atoms with Gasteiger partial charge in [-0.1, -0.05) is 42.5 Å². The molecular weight excluding hydrogens is 316 g/mol. The van der Waals surface area contributed by atoms with Crippen molar-refractivity contribution in [2.45, 2.75) is 19.1 Å². The van der Waals surface area contributed by atoms with Crippen molar-refractivity contribution in [2.24, 2.45) is 0 Å². The fourth-order valence-electron chi connectivity index (χ4n) is 3.15. The first-order valence-corrected chi connectivity index (χ1v) is 8.51. The predicted molar refractivity (Wildman–Crippen MR) is 97.8 cm³/mol. The zero-order chi connectivity index (χ0) is 17.6. The molecule has 0 aromatic heterocycles. The number of morpholine rings is 1. The molecule has 132 valence electrons. The number of methoxy groups -OCH3 is 1. The fraction of sp³-hybridized carbons (Fsp3) is 0.350. The number of anilines is 1. The second-order valence-electron chi connectivity index (χ2n) is 6.25. The molecule has 1 saturated heterocycles. The number of carbonyl (C=O) groups excluding carboxylic acids is 1. The van der Waals surface area contributed by atoms with E-state index in [2.05, 4.69) is 22.3 Å². The van der Waals surface area contributed by atoms with E-state index >= 15 is 0 Å². The molecule has 5 nitrogen and oxygen atoms in total. The minimum absolute atomic E-state index is 0.0560. The van der Waals surface area contributed by atoms with Gasteiger partial charge in [0.2, 0.25) is 5.91 Å². The first-order valence-electron chi connectivity index (χ1n) is 8.51. The highest BCUT2D eigenvalue weighted by Gasteiger charge is 2.29. The maximum Gasteiger partial charge on any atom is 0.238 e. The van der Waals surface area contributed by atoms with Crippen molar-refractivity contribution in [1.29, 1.82) is 0 Å². The Balaban J connectivity index is 1.71. The number of para-hydroxylation sites is 2. The van der Waals surface area contributed by atoms with E-state index in [1.165, 1.54) is 5.56 Å². The van der Waals surface area contributed by atoms with Crippen LogP contribution in [0.4, 0.5) is 5.69 Å². The topological polar surface area (TPSA) is 50.8 Å². The van der Waals surface area contributed by atoms with Crippen LogP contribution in [0.2, 0.25) is 0 Å². The first kappa shape index (κ1) is 17.5. The van der Waals surface area contributed by atoms with Gasteiger partial charge in [-0.25, -0.2) is 0 Å². The molecule has 5 heteroatoms. The highest BCUT2D eigenvalue weighted by molar-refractivity contribution is 5.93. The van der Waals surface area contributed by atoms with Crippen LogP contribution in [-0.2, 0) is 9.53 Å². The van der Waals surface area contributed by atoms with E-state index in [1.54, 1.807) is 7.11 Å². The summed E-state index contributed by atoms with van der Waals surface area (Å²) in [4.78, 5) is 14.8. The maximum absolute atomic E-state index is 12.6. The van der Waals surface area contributed by atoms with Gasteiger partial charge in [-0.3, -0.25) is 9.69 Å². The smallest absolute Gasteiger partial charge is 0.238 e. The van der Waals surface area contributed by atoms with Gasteiger partial charge >= 0.3 is 0 Å². The summed E-state index contributed by atoms with van der Waals surface area (Å²) in [5, 5.41) is 2.95. The predicted octanol–water partition coefficient (Wildman–Crippen LogP) is 3.10. The number of rotatable bonds is 5. The summed E-state index contributed by atoms with van der Waals surface area (Å²) in [6, 6.07) is 17.7. The third-order valence-corrected chi connectivity index (χ3v) is 4.38. The monoisotopic (exact) mass is 340 g/mol. The zero-order valence-corrected chi connectivity index (χ0v) is 14.6. The van der Waals surface area contributed by atoms with Crippen molar-refractivity contribution >= 4 is 11.6 Å². The van der Waals surface area contributed by atoms with Gasteiger partial charge in [-0.05, 0) is 24.6 Å².